The van der Waals surface area contributed by atoms with Gasteiger partial charge in [-0.25, -0.2) is 0 Å². The zero-order chi connectivity index (χ0) is 10.1. The minimum absolute atomic E-state index is 0.0996. The number of nitrogens with two attached hydrogens (primary N) is 1. The fraction of sp³-hybridized carbons (Fsp3) is 0.455. The first kappa shape index (κ1) is 9.90. The van der Waals surface area contributed by atoms with Crippen LogP contribution in [0.5, 0.6) is 0 Å². The van der Waals surface area contributed by atoms with E-state index in [1.807, 2.05) is 25.1 Å². The maximum atomic E-state index is 5.90. The molecule has 0 heterocycles. The third kappa shape index (κ3) is 2.38. The van der Waals surface area contributed by atoms with Crippen LogP contribution in [-0.4, -0.2) is 19.0 Å². The van der Waals surface area contributed by atoms with Crippen molar-refractivity contribution in [1.82, 2.24) is 4.90 Å². The van der Waals surface area contributed by atoms with Crippen LogP contribution in [0.1, 0.15) is 13.8 Å². The highest BCUT2D eigenvalue weighted by atomic mass is 15.1. The lowest BCUT2D eigenvalue weighted by atomic mass is 9.93. The first-order chi connectivity index (χ1) is 5.92. The van der Waals surface area contributed by atoms with Gasteiger partial charge in [0.05, 0.1) is 11.4 Å². The molecule has 1 aliphatic carbocycles. The van der Waals surface area contributed by atoms with Crippen LogP contribution in [0.15, 0.2) is 35.7 Å². The zero-order valence-electron chi connectivity index (χ0n) is 8.83. The van der Waals surface area contributed by atoms with Crippen LogP contribution in [0, 0.1) is 5.41 Å². The van der Waals surface area contributed by atoms with Gasteiger partial charge >= 0.3 is 0 Å². The van der Waals surface area contributed by atoms with E-state index in [0.717, 1.165) is 11.4 Å². The van der Waals surface area contributed by atoms with Gasteiger partial charge in [-0.15, -0.1) is 0 Å². The lowest BCUT2D eigenvalue weighted by Gasteiger charge is -2.15. The molecule has 2 N–H and O–H groups in total. The summed E-state index contributed by atoms with van der Waals surface area (Å²) in [6, 6.07) is 0. The summed E-state index contributed by atoms with van der Waals surface area (Å²) in [5.74, 6) is 0. The van der Waals surface area contributed by atoms with E-state index < -0.39 is 0 Å². The van der Waals surface area contributed by atoms with Crippen molar-refractivity contribution in [2.24, 2.45) is 11.1 Å². The van der Waals surface area contributed by atoms with Crippen molar-refractivity contribution in [3.05, 3.63) is 35.7 Å². The van der Waals surface area contributed by atoms with E-state index in [2.05, 4.69) is 32.1 Å². The first-order valence-corrected chi connectivity index (χ1v) is 4.48. The normalized spacial score (nSPS) is 20.3. The average Bonchev–Trinajstić information content (AvgIpc) is 2.11. The fourth-order valence-corrected chi connectivity index (χ4v) is 1.24. The van der Waals surface area contributed by atoms with Crippen LogP contribution in [0.2, 0.25) is 0 Å². The molecule has 0 unspecified atom stereocenters. The molecule has 2 nitrogen and oxygen atoms in total. The van der Waals surface area contributed by atoms with Crippen LogP contribution >= 0.6 is 0 Å². The molecule has 72 valence electrons. The molecule has 0 atom stereocenters. The summed E-state index contributed by atoms with van der Waals surface area (Å²) < 4.78 is 0. The van der Waals surface area contributed by atoms with Gasteiger partial charge in [-0.05, 0) is 12.2 Å². The summed E-state index contributed by atoms with van der Waals surface area (Å²) in [6.07, 6.45) is 8.35. The largest absolute Gasteiger partial charge is 0.397 e. The topological polar surface area (TPSA) is 29.3 Å². The lowest BCUT2D eigenvalue weighted by Crippen LogP contribution is -2.14. The second kappa shape index (κ2) is 3.29. The standard InChI is InChI=1S/C11H18N2/c1-11(2)7-5-9(12)10(6-8-11)13(3)4/h5-8H,12H2,1-4H3. The van der Waals surface area contributed by atoms with E-state index in [9.17, 15) is 0 Å². The van der Waals surface area contributed by atoms with E-state index in [1.54, 1.807) is 0 Å². The number of allylic oxidation sites excluding steroid dienone is 4. The Morgan fingerprint density at radius 1 is 1.15 bits per heavy atom. The molecule has 0 aromatic heterocycles. The molecular formula is C11H18N2. The van der Waals surface area contributed by atoms with Crippen LogP contribution in [-0.2, 0) is 0 Å². The maximum Gasteiger partial charge on any atom is 0.0591 e. The van der Waals surface area contributed by atoms with E-state index in [-0.39, 0.29) is 5.41 Å². The Kier molecular flexibility index (Phi) is 2.50. The van der Waals surface area contributed by atoms with Gasteiger partial charge in [0, 0.05) is 19.5 Å². The number of likely N-dealkylation sites (N-methyl/N-ethyl adjacent to an activating group) is 1. The Balaban J connectivity index is 3.05. The molecule has 0 radical (unpaired) electrons. The highest BCUT2D eigenvalue weighted by Crippen LogP contribution is 2.24. The van der Waals surface area contributed by atoms with Crippen LogP contribution < -0.4 is 5.73 Å². The van der Waals surface area contributed by atoms with Gasteiger partial charge < -0.3 is 10.6 Å². The van der Waals surface area contributed by atoms with Gasteiger partial charge in [0.25, 0.3) is 0 Å². The quantitative estimate of drug-likeness (QED) is 0.664. The lowest BCUT2D eigenvalue weighted by molar-refractivity contribution is 0.523. The van der Waals surface area contributed by atoms with E-state index >= 15 is 0 Å². The van der Waals surface area contributed by atoms with Gasteiger partial charge in [0.1, 0.15) is 0 Å². The van der Waals surface area contributed by atoms with E-state index in [1.165, 1.54) is 0 Å². The summed E-state index contributed by atoms with van der Waals surface area (Å²) in [5, 5.41) is 0. The second-order valence-corrected chi connectivity index (χ2v) is 4.22. The molecule has 0 aromatic rings. The van der Waals surface area contributed by atoms with Crippen molar-refractivity contribution >= 4 is 0 Å². The van der Waals surface area contributed by atoms with Crippen molar-refractivity contribution in [2.75, 3.05) is 14.1 Å². The highest BCUT2D eigenvalue weighted by molar-refractivity contribution is 5.35. The zero-order valence-corrected chi connectivity index (χ0v) is 8.83. The fourth-order valence-electron chi connectivity index (χ4n) is 1.24. The first-order valence-electron chi connectivity index (χ1n) is 4.48. The molecule has 13 heavy (non-hydrogen) atoms. The van der Waals surface area contributed by atoms with Crippen LogP contribution in [0.3, 0.4) is 0 Å². The second-order valence-electron chi connectivity index (χ2n) is 4.22. The Morgan fingerprint density at radius 3 is 2.23 bits per heavy atom. The maximum absolute atomic E-state index is 5.90. The third-order valence-corrected chi connectivity index (χ3v) is 2.14. The molecule has 0 saturated heterocycles. The number of hydrogen-bond acceptors (Lipinski definition) is 2. The number of hydrogen-bond donors (Lipinski definition) is 1. The van der Waals surface area contributed by atoms with Crippen LogP contribution in [0.4, 0.5) is 0 Å². The molecule has 0 bridgehead atoms. The Hall–Kier alpha value is -1.18. The Bertz CT molecular complexity index is 280. The molecule has 0 aromatic carbocycles. The Morgan fingerprint density at radius 2 is 1.69 bits per heavy atom. The van der Waals surface area contributed by atoms with Gasteiger partial charge in [-0.3, -0.25) is 0 Å². The molecule has 0 amide bonds. The SMILES string of the molecule is CN(C)C1=C(N)C=CC(C)(C)C=C1. The predicted molar refractivity (Wildman–Crippen MR) is 57.0 cm³/mol. The van der Waals surface area contributed by atoms with Crippen molar-refractivity contribution < 1.29 is 0 Å². The molecular weight excluding hydrogens is 160 g/mol. The smallest absolute Gasteiger partial charge is 0.0591 e. The average molecular weight is 178 g/mol. The molecule has 1 rings (SSSR count). The summed E-state index contributed by atoms with van der Waals surface area (Å²) >= 11 is 0. The van der Waals surface area contributed by atoms with Gasteiger partial charge in [-0.1, -0.05) is 26.0 Å². The highest BCUT2D eigenvalue weighted by Gasteiger charge is 2.13. The van der Waals surface area contributed by atoms with Crippen LogP contribution in [0.25, 0.3) is 0 Å². The van der Waals surface area contributed by atoms with Gasteiger partial charge in [-0.2, -0.15) is 0 Å². The molecule has 2 heteroatoms. The molecule has 0 fully saturated rings. The van der Waals surface area contributed by atoms with Gasteiger partial charge in [0.2, 0.25) is 0 Å². The Labute approximate surface area is 80.4 Å². The summed E-state index contributed by atoms with van der Waals surface area (Å²) in [6.45, 7) is 4.32. The van der Waals surface area contributed by atoms with Crippen molar-refractivity contribution in [2.45, 2.75) is 13.8 Å². The molecule has 0 aliphatic heterocycles. The monoisotopic (exact) mass is 178 g/mol. The minimum Gasteiger partial charge on any atom is -0.397 e. The van der Waals surface area contributed by atoms with E-state index in [0.29, 0.717) is 0 Å². The van der Waals surface area contributed by atoms with Crippen molar-refractivity contribution in [3.63, 3.8) is 0 Å². The summed E-state index contributed by atoms with van der Waals surface area (Å²) in [7, 11) is 4.00. The molecule has 1 aliphatic rings. The minimum atomic E-state index is 0.0996. The van der Waals surface area contributed by atoms with Crippen molar-refractivity contribution in [3.8, 4) is 0 Å². The molecule has 0 spiro atoms. The van der Waals surface area contributed by atoms with E-state index in [4.69, 9.17) is 5.73 Å². The van der Waals surface area contributed by atoms with Gasteiger partial charge in [0.15, 0.2) is 0 Å². The summed E-state index contributed by atoms with van der Waals surface area (Å²) in [5.41, 5.74) is 7.90. The number of nitrogens with zero attached hydrogens (tertiary/aromatic N) is 1. The summed E-state index contributed by atoms with van der Waals surface area (Å²) in [4.78, 5) is 2.03. The third-order valence-electron chi connectivity index (χ3n) is 2.14. The predicted octanol–water partition coefficient (Wildman–Crippen LogP) is 1.87. The number of rotatable bonds is 1. The van der Waals surface area contributed by atoms with Crippen molar-refractivity contribution in [1.29, 1.82) is 0 Å². The molecule has 0 saturated carbocycles.